The lowest BCUT2D eigenvalue weighted by Gasteiger charge is -2.27. The number of rotatable bonds is 7. The maximum atomic E-state index is 13.2. The molecule has 1 aromatic heterocycles. The zero-order valence-electron chi connectivity index (χ0n) is 17.8. The number of thiazole rings is 1. The highest BCUT2D eigenvalue weighted by Crippen LogP contribution is 2.35. The molecule has 4 rings (SSSR count). The van der Waals surface area contributed by atoms with Crippen LogP contribution in [0.5, 0.6) is 0 Å². The molecule has 34 heavy (non-hydrogen) atoms. The van der Waals surface area contributed by atoms with Crippen LogP contribution in [0.25, 0.3) is 0 Å². The Balaban J connectivity index is 1.38. The van der Waals surface area contributed by atoms with Gasteiger partial charge in [-0.3, -0.25) is 14.6 Å². The van der Waals surface area contributed by atoms with Crippen LogP contribution in [-0.4, -0.2) is 35.6 Å². The average Bonchev–Trinajstić information content (AvgIpc) is 3.51. The Bertz CT molecular complexity index is 1150. The Labute approximate surface area is 197 Å². The molecule has 0 saturated carbocycles. The van der Waals surface area contributed by atoms with Crippen LogP contribution in [0.4, 0.5) is 24.5 Å². The first-order valence-electron chi connectivity index (χ1n) is 10.4. The number of amides is 2. The molecule has 178 valence electrons. The van der Waals surface area contributed by atoms with Crippen LogP contribution in [0.3, 0.4) is 0 Å². The van der Waals surface area contributed by atoms with Crippen molar-refractivity contribution in [2.24, 2.45) is 0 Å². The molecule has 0 radical (unpaired) electrons. The maximum absolute atomic E-state index is 13.2. The number of alkyl halides is 3. The van der Waals surface area contributed by atoms with Crippen LogP contribution in [-0.2, 0) is 22.3 Å². The van der Waals surface area contributed by atoms with Gasteiger partial charge in [0.15, 0.2) is 0 Å². The third kappa shape index (κ3) is 5.37. The molecule has 0 spiro atoms. The molecule has 2 amide bonds. The van der Waals surface area contributed by atoms with E-state index < -0.39 is 23.2 Å². The molecule has 1 saturated heterocycles. The molecule has 0 aliphatic carbocycles. The van der Waals surface area contributed by atoms with E-state index in [0.717, 1.165) is 11.6 Å². The van der Waals surface area contributed by atoms with E-state index in [4.69, 9.17) is 4.74 Å². The number of nitrogens with zero attached hydrogens (tertiary/aromatic N) is 1. The first-order chi connectivity index (χ1) is 16.3. The van der Waals surface area contributed by atoms with Crippen molar-refractivity contribution in [1.29, 1.82) is 0 Å². The summed E-state index contributed by atoms with van der Waals surface area (Å²) in [5, 5.41) is 8.37. The van der Waals surface area contributed by atoms with E-state index >= 15 is 0 Å². The normalized spacial score (nSPS) is 17.9. The summed E-state index contributed by atoms with van der Waals surface area (Å²) in [6, 6.07) is 11.9. The number of anilines is 2. The van der Waals surface area contributed by atoms with Crippen LogP contribution in [0.2, 0.25) is 0 Å². The topological polar surface area (TPSA) is 92.4 Å². The van der Waals surface area contributed by atoms with Crippen molar-refractivity contribution in [1.82, 2.24) is 15.6 Å². The molecule has 1 aliphatic rings. The van der Waals surface area contributed by atoms with Gasteiger partial charge < -0.3 is 20.7 Å². The Morgan fingerprint density at radius 3 is 2.53 bits per heavy atom. The maximum Gasteiger partial charge on any atom is 0.418 e. The molecule has 7 nitrogen and oxygen atoms in total. The number of aromatic nitrogens is 1. The number of para-hydroxylation sites is 1. The lowest BCUT2D eigenvalue weighted by atomic mass is 9.97. The van der Waals surface area contributed by atoms with E-state index in [1.807, 2.05) is 0 Å². The minimum absolute atomic E-state index is 0.0455. The zero-order chi connectivity index (χ0) is 24.2. The van der Waals surface area contributed by atoms with Crippen LogP contribution in [0, 0.1) is 0 Å². The Hall–Kier alpha value is -3.44. The molecule has 11 heteroatoms. The summed E-state index contributed by atoms with van der Waals surface area (Å²) in [6.07, 6.45) is -2.70. The Kier molecular flexibility index (Phi) is 6.85. The molecule has 1 fully saturated rings. The molecule has 1 atom stereocenters. The second kappa shape index (κ2) is 9.82. The fourth-order valence-corrected chi connectivity index (χ4v) is 4.07. The van der Waals surface area contributed by atoms with Crippen LogP contribution < -0.4 is 16.0 Å². The molecule has 3 N–H and O–H groups in total. The molecular weight excluding hydrogens is 469 g/mol. The molecule has 2 aromatic carbocycles. The molecule has 0 bridgehead atoms. The number of ether oxygens (including phenoxy) is 1. The molecule has 1 aliphatic heterocycles. The summed E-state index contributed by atoms with van der Waals surface area (Å²) >= 11 is 1.17. The smallest absolute Gasteiger partial charge is 0.378 e. The predicted molar refractivity (Wildman–Crippen MR) is 121 cm³/mol. The van der Waals surface area contributed by atoms with Gasteiger partial charge in [-0.1, -0.05) is 24.3 Å². The SMILES string of the molecule is O=C(N[C@@]1(C(=O)NCc2ccc(Nc3ccccc3C(F)(F)F)cc2)CCOC1)c1cncs1. The van der Waals surface area contributed by atoms with Gasteiger partial charge in [0.1, 0.15) is 10.4 Å². The number of carbonyl (C=O) groups is 2. The van der Waals surface area contributed by atoms with Gasteiger partial charge in [-0.2, -0.15) is 13.2 Å². The van der Waals surface area contributed by atoms with E-state index in [0.29, 0.717) is 23.6 Å². The van der Waals surface area contributed by atoms with Crippen LogP contribution in [0.1, 0.15) is 27.2 Å². The highest BCUT2D eigenvalue weighted by atomic mass is 32.1. The number of benzene rings is 2. The minimum Gasteiger partial charge on any atom is -0.378 e. The highest BCUT2D eigenvalue weighted by molar-refractivity contribution is 7.11. The van der Waals surface area contributed by atoms with Crippen molar-refractivity contribution in [2.75, 3.05) is 18.5 Å². The van der Waals surface area contributed by atoms with Crippen molar-refractivity contribution < 1.29 is 27.5 Å². The minimum atomic E-state index is -4.47. The van der Waals surface area contributed by atoms with Gasteiger partial charge in [0.25, 0.3) is 5.91 Å². The Morgan fingerprint density at radius 1 is 1.12 bits per heavy atom. The summed E-state index contributed by atoms with van der Waals surface area (Å²) in [5.74, 6) is -0.762. The van der Waals surface area contributed by atoms with Gasteiger partial charge >= 0.3 is 6.18 Å². The van der Waals surface area contributed by atoms with E-state index in [1.54, 1.807) is 24.3 Å². The van der Waals surface area contributed by atoms with Crippen molar-refractivity contribution in [2.45, 2.75) is 24.7 Å². The quantitative estimate of drug-likeness (QED) is 0.464. The molecule has 2 heterocycles. The third-order valence-corrected chi connectivity index (χ3v) is 6.16. The van der Waals surface area contributed by atoms with Crippen molar-refractivity contribution in [3.05, 3.63) is 76.2 Å². The summed E-state index contributed by atoms with van der Waals surface area (Å²) in [7, 11) is 0. The Morgan fingerprint density at radius 2 is 1.88 bits per heavy atom. The first kappa shape index (κ1) is 23.7. The fourth-order valence-electron chi connectivity index (χ4n) is 3.56. The summed E-state index contributed by atoms with van der Waals surface area (Å²) in [5.41, 5.74) is 0.776. The highest BCUT2D eigenvalue weighted by Gasteiger charge is 2.44. The van der Waals surface area contributed by atoms with Gasteiger partial charge in [0.05, 0.1) is 29.6 Å². The van der Waals surface area contributed by atoms with Gasteiger partial charge in [0.2, 0.25) is 5.91 Å². The van der Waals surface area contributed by atoms with E-state index in [1.165, 1.54) is 41.2 Å². The largest absolute Gasteiger partial charge is 0.418 e. The standard InChI is InChI=1S/C23H21F3N4O3S/c24-23(25,26)17-3-1-2-4-18(17)29-16-7-5-15(6-8-16)11-28-21(32)22(9-10-33-13-22)30-20(31)19-12-27-14-34-19/h1-8,12,14,29H,9-11,13H2,(H,28,32)(H,30,31)/t22-/m0/s1. The average molecular weight is 491 g/mol. The molecule has 0 unspecified atom stereocenters. The van der Waals surface area contributed by atoms with E-state index in [2.05, 4.69) is 20.9 Å². The second-order valence-electron chi connectivity index (χ2n) is 7.75. The number of hydrogen-bond donors (Lipinski definition) is 3. The second-order valence-corrected chi connectivity index (χ2v) is 8.64. The number of nitrogens with one attached hydrogen (secondary N) is 3. The van der Waals surface area contributed by atoms with Crippen molar-refractivity contribution >= 4 is 34.5 Å². The first-order valence-corrected chi connectivity index (χ1v) is 11.2. The van der Waals surface area contributed by atoms with Crippen LogP contribution in [0.15, 0.2) is 60.2 Å². The summed E-state index contributed by atoms with van der Waals surface area (Å²) in [6.45, 7) is 0.581. The number of carbonyl (C=O) groups excluding carboxylic acids is 2. The molecule has 3 aromatic rings. The third-order valence-electron chi connectivity index (χ3n) is 5.38. The summed E-state index contributed by atoms with van der Waals surface area (Å²) in [4.78, 5) is 29.7. The summed E-state index contributed by atoms with van der Waals surface area (Å²) < 4.78 is 45.0. The lowest BCUT2D eigenvalue weighted by molar-refractivity contribution is -0.137. The van der Waals surface area contributed by atoms with Gasteiger partial charge in [-0.15, -0.1) is 11.3 Å². The van der Waals surface area contributed by atoms with Crippen molar-refractivity contribution in [3.63, 3.8) is 0 Å². The van der Waals surface area contributed by atoms with E-state index in [-0.39, 0.29) is 24.7 Å². The number of halogens is 3. The van der Waals surface area contributed by atoms with Crippen LogP contribution >= 0.6 is 11.3 Å². The van der Waals surface area contributed by atoms with E-state index in [9.17, 15) is 22.8 Å². The van der Waals surface area contributed by atoms with Crippen molar-refractivity contribution in [3.8, 4) is 0 Å². The van der Waals surface area contributed by atoms with Gasteiger partial charge in [-0.05, 0) is 29.8 Å². The fraction of sp³-hybridized carbons (Fsp3) is 0.261. The predicted octanol–water partition coefficient (Wildman–Crippen LogP) is 4.11. The number of hydrogen-bond acceptors (Lipinski definition) is 6. The van der Waals surface area contributed by atoms with Gasteiger partial charge in [0, 0.05) is 25.3 Å². The zero-order valence-corrected chi connectivity index (χ0v) is 18.6. The monoisotopic (exact) mass is 490 g/mol. The lowest BCUT2D eigenvalue weighted by Crippen LogP contribution is -2.59. The van der Waals surface area contributed by atoms with Gasteiger partial charge in [-0.25, -0.2) is 0 Å². The molecular formula is C23H21F3N4O3S.